The van der Waals surface area contributed by atoms with Crippen molar-refractivity contribution >= 4 is 11.5 Å². The molecule has 0 unspecified atom stereocenters. The van der Waals surface area contributed by atoms with Gasteiger partial charge in [-0.15, -0.1) is 0 Å². The van der Waals surface area contributed by atoms with E-state index in [0.717, 1.165) is 5.69 Å². The van der Waals surface area contributed by atoms with Crippen LogP contribution in [0.4, 0.5) is 5.69 Å². The zero-order chi connectivity index (χ0) is 28.6. The Hall–Kier alpha value is -5.12. The lowest BCUT2D eigenvalue weighted by Gasteiger charge is -2.14. The van der Waals surface area contributed by atoms with E-state index < -0.39 is 0 Å². The predicted molar refractivity (Wildman–Crippen MR) is 152 cm³/mol. The molecule has 1 heterocycles. The molecule has 0 aliphatic heterocycles. The van der Waals surface area contributed by atoms with Crippen LogP contribution in [0.5, 0.6) is 34.5 Å². The van der Waals surface area contributed by atoms with Gasteiger partial charge in [-0.1, -0.05) is 18.2 Å². The van der Waals surface area contributed by atoms with E-state index in [0.29, 0.717) is 57.0 Å². The molecule has 1 aromatic heterocycles. The van der Waals surface area contributed by atoms with Crippen LogP contribution in [0.1, 0.15) is 10.4 Å². The lowest BCUT2D eigenvalue weighted by Crippen LogP contribution is -2.00. The molecular formula is C30H31N3O7. The van der Waals surface area contributed by atoms with Crippen LogP contribution in [0, 0.1) is 0 Å². The van der Waals surface area contributed by atoms with Crippen LogP contribution in [0.2, 0.25) is 0 Å². The van der Waals surface area contributed by atoms with Gasteiger partial charge in [0.05, 0.1) is 53.9 Å². The molecule has 10 nitrogen and oxygen atoms in total. The zero-order valence-corrected chi connectivity index (χ0v) is 23.2. The van der Waals surface area contributed by atoms with E-state index in [9.17, 15) is 4.79 Å². The molecule has 0 spiro atoms. The van der Waals surface area contributed by atoms with Gasteiger partial charge in [0.25, 0.3) is 0 Å². The number of para-hydroxylation sites is 1. The first-order valence-corrected chi connectivity index (χ1v) is 12.2. The van der Waals surface area contributed by atoms with Crippen molar-refractivity contribution in [1.82, 2.24) is 9.78 Å². The van der Waals surface area contributed by atoms with E-state index in [2.05, 4.69) is 5.32 Å². The molecule has 0 atom stereocenters. The first-order chi connectivity index (χ1) is 19.5. The van der Waals surface area contributed by atoms with Crippen LogP contribution in [0.25, 0.3) is 16.9 Å². The van der Waals surface area contributed by atoms with Gasteiger partial charge in [0.1, 0.15) is 5.69 Å². The molecular weight excluding hydrogens is 514 g/mol. The van der Waals surface area contributed by atoms with Crippen molar-refractivity contribution in [3.8, 4) is 51.4 Å². The number of methoxy groups -OCH3 is 6. The Kier molecular flexibility index (Phi) is 8.80. The fourth-order valence-electron chi connectivity index (χ4n) is 4.17. The number of benzene rings is 3. The Morgan fingerprint density at radius 3 is 1.77 bits per heavy atom. The van der Waals surface area contributed by atoms with Crippen molar-refractivity contribution in [2.24, 2.45) is 0 Å². The fraction of sp³-hybridized carbons (Fsp3) is 0.200. The van der Waals surface area contributed by atoms with Gasteiger partial charge in [-0.3, -0.25) is 4.79 Å². The van der Waals surface area contributed by atoms with Gasteiger partial charge in [-0.05, 0) is 24.3 Å². The number of ketones is 1. The van der Waals surface area contributed by atoms with E-state index in [1.807, 2.05) is 30.3 Å². The number of nitrogens with one attached hydrogen (secondary N) is 1. The highest BCUT2D eigenvalue weighted by atomic mass is 16.5. The highest BCUT2D eigenvalue weighted by molar-refractivity contribution is 6.08. The molecule has 4 aromatic rings. The number of ether oxygens (including phenoxy) is 6. The summed E-state index contributed by atoms with van der Waals surface area (Å²) in [6, 6.07) is 16.5. The Morgan fingerprint density at radius 1 is 0.750 bits per heavy atom. The number of carbonyl (C=O) groups excluding carboxylic acids is 1. The minimum atomic E-state index is -0.272. The average Bonchev–Trinajstić information content (AvgIpc) is 3.46. The predicted octanol–water partition coefficient (Wildman–Crippen LogP) is 5.40. The molecule has 1 N–H and O–H groups in total. The Bertz CT molecular complexity index is 1460. The van der Waals surface area contributed by atoms with Gasteiger partial charge >= 0.3 is 0 Å². The third kappa shape index (κ3) is 5.65. The summed E-state index contributed by atoms with van der Waals surface area (Å²) in [5, 5.41) is 7.85. The van der Waals surface area contributed by atoms with Gasteiger partial charge in [0, 0.05) is 41.9 Å². The van der Waals surface area contributed by atoms with Crippen LogP contribution in [0.15, 0.2) is 73.1 Å². The maximum absolute atomic E-state index is 13.5. The van der Waals surface area contributed by atoms with Crippen LogP contribution in [0.3, 0.4) is 0 Å². The molecule has 208 valence electrons. The quantitative estimate of drug-likeness (QED) is 0.185. The van der Waals surface area contributed by atoms with Crippen LogP contribution in [-0.2, 0) is 0 Å². The maximum Gasteiger partial charge on any atom is 0.203 e. The van der Waals surface area contributed by atoms with E-state index in [-0.39, 0.29) is 5.78 Å². The molecule has 0 amide bonds. The van der Waals surface area contributed by atoms with Crippen molar-refractivity contribution in [2.45, 2.75) is 0 Å². The van der Waals surface area contributed by atoms with Gasteiger partial charge < -0.3 is 33.7 Å². The summed E-state index contributed by atoms with van der Waals surface area (Å²) >= 11 is 0. The fourth-order valence-corrected chi connectivity index (χ4v) is 4.17. The van der Waals surface area contributed by atoms with E-state index in [4.69, 9.17) is 33.5 Å². The summed E-state index contributed by atoms with van der Waals surface area (Å²) in [4.78, 5) is 13.5. The smallest absolute Gasteiger partial charge is 0.203 e. The van der Waals surface area contributed by atoms with Gasteiger partial charge in [-0.25, -0.2) is 4.68 Å². The monoisotopic (exact) mass is 545 g/mol. The summed E-state index contributed by atoms with van der Waals surface area (Å²) < 4.78 is 34.3. The largest absolute Gasteiger partial charge is 0.493 e. The Balaban J connectivity index is 1.73. The van der Waals surface area contributed by atoms with Crippen molar-refractivity contribution in [3.63, 3.8) is 0 Å². The SMILES string of the molecule is COc1cc(N/C=C\C(=O)c2cn(-c3ccccc3)nc2-c2cc(OC)c(OC)c(OC)c2)cc(OC)c1OC. The molecule has 0 saturated carbocycles. The molecule has 4 rings (SSSR count). The Labute approximate surface area is 232 Å². The van der Waals surface area contributed by atoms with Crippen LogP contribution < -0.4 is 33.7 Å². The summed E-state index contributed by atoms with van der Waals surface area (Å²) in [5.41, 5.74) is 2.89. The zero-order valence-electron chi connectivity index (χ0n) is 23.2. The molecule has 10 heteroatoms. The first kappa shape index (κ1) is 27.9. The number of anilines is 1. The number of hydrogen-bond donors (Lipinski definition) is 1. The molecule has 0 aliphatic carbocycles. The second-order valence-corrected chi connectivity index (χ2v) is 8.34. The normalized spacial score (nSPS) is 10.8. The molecule has 40 heavy (non-hydrogen) atoms. The average molecular weight is 546 g/mol. The first-order valence-electron chi connectivity index (χ1n) is 12.2. The van der Waals surface area contributed by atoms with Crippen molar-refractivity contribution in [2.75, 3.05) is 48.0 Å². The molecule has 3 aromatic carbocycles. The summed E-state index contributed by atoms with van der Waals surface area (Å²) in [7, 11) is 9.21. The number of carbonyl (C=O) groups is 1. The van der Waals surface area contributed by atoms with E-state index in [1.54, 1.807) is 41.3 Å². The number of rotatable bonds is 12. The van der Waals surface area contributed by atoms with Gasteiger partial charge in [-0.2, -0.15) is 5.10 Å². The maximum atomic E-state index is 13.5. The summed E-state index contributed by atoms with van der Waals surface area (Å²) in [6.07, 6.45) is 4.67. The van der Waals surface area contributed by atoms with Crippen LogP contribution >= 0.6 is 0 Å². The standard InChI is InChI=1S/C30H31N3O7/c1-35-24-14-19(15-25(36-2)29(24)39-5)28-22(18-33(32-28)21-10-8-7-9-11-21)23(34)12-13-31-20-16-26(37-3)30(40-6)27(17-20)38-4/h7-18,31H,1-6H3/b13-12-. The molecule has 0 aliphatic rings. The number of aromatic nitrogens is 2. The number of nitrogens with zero attached hydrogens (tertiary/aromatic N) is 2. The molecule has 0 fully saturated rings. The topological polar surface area (TPSA) is 102 Å². The lowest BCUT2D eigenvalue weighted by molar-refractivity contribution is 0.104. The van der Waals surface area contributed by atoms with E-state index in [1.165, 1.54) is 48.7 Å². The highest BCUT2D eigenvalue weighted by Gasteiger charge is 2.21. The summed E-state index contributed by atoms with van der Waals surface area (Å²) in [5.74, 6) is 2.51. The Morgan fingerprint density at radius 2 is 1.27 bits per heavy atom. The van der Waals surface area contributed by atoms with Crippen molar-refractivity contribution in [3.05, 3.63) is 78.6 Å². The minimum Gasteiger partial charge on any atom is -0.493 e. The van der Waals surface area contributed by atoms with Crippen molar-refractivity contribution < 1.29 is 33.2 Å². The summed E-state index contributed by atoms with van der Waals surface area (Å²) in [6.45, 7) is 0. The lowest BCUT2D eigenvalue weighted by atomic mass is 10.0. The molecule has 0 saturated heterocycles. The third-order valence-electron chi connectivity index (χ3n) is 6.09. The second-order valence-electron chi connectivity index (χ2n) is 8.34. The van der Waals surface area contributed by atoms with Crippen molar-refractivity contribution in [1.29, 1.82) is 0 Å². The van der Waals surface area contributed by atoms with E-state index >= 15 is 0 Å². The van der Waals surface area contributed by atoms with Crippen LogP contribution in [-0.4, -0.2) is 58.2 Å². The molecule has 0 bridgehead atoms. The minimum absolute atomic E-state index is 0.272. The number of allylic oxidation sites excluding steroid dienone is 1. The second kappa shape index (κ2) is 12.6. The third-order valence-corrected chi connectivity index (χ3v) is 6.09. The molecule has 0 radical (unpaired) electrons. The highest BCUT2D eigenvalue weighted by Crippen LogP contribution is 2.42. The van der Waals surface area contributed by atoms with Gasteiger partial charge in [0.15, 0.2) is 28.8 Å². The van der Waals surface area contributed by atoms with Gasteiger partial charge in [0.2, 0.25) is 11.5 Å². The number of hydrogen-bond acceptors (Lipinski definition) is 9.